The van der Waals surface area contributed by atoms with Crippen molar-refractivity contribution in [1.82, 2.24) is 0 Å². The Morgan fingerprint density at radius 1 is 1.09 bits per heavy atom. The highest BCUT2D eigenvalue weighted by Gasteiger charge is 2.33. The standard InChI is InChI=1S/C14H8Cl2O6S/c15-7-2-1-3-8(4-7)23(19,20)12-6-11-10(5-9(12)16)21-14(22-11)13(17)18/h1-6,14H,(H,17,18). The van der Waals surface area contributed by atoms with Crippen molar-refractivity contribution < 1.29 is 27.8 Å². The van der Waals surface area contributed by atoms with E-state index in [1.165, 1.54) is 24.3 Å². The van der Waals surface area contributed by atoms with Gasteiger partial charge in [-0.1, -0.05) is 29.3 Å². The summed E-state index contributed by atoms with van der Waals surface area (Å²) in [7, 11) is -3.95. The highest BCUT2D eigenvalue weighted by atomic mass is 35.5. The normalized spacial score (nSPS) is 16.3. The monoisotopic (exact) mass is 374 g/mol. The van der Waals surface area contributed by atoms with Crippen LogP contribution in [0.25, 0.3) is 0 Å². The zero-order valence-corrected chi connectivity index (χ0v) is 13.5. The molecule has 1 atom stereocenters. The lowest BCUT2D eigenvalue weighted by Gasteiger charge is -2.08. The zero-order valence-electron chi connectivity index (χ0n) is 11.2. The summed E-state index contributed by atoms with van der Waals surface area (Å²) in [5.41, 5.74) is 0. The predicted octanol–water partition coefficient (Wildman–Crippen LogP) is 3.01. The molecule has 1 unspecified atom stereocenters. The smallest absolute Gasteiger partial charge is 0.387 e. The van der Waals surface area contributed by atoms with Gasteiger partial charge in [-0.2, -0.15) is 0 Å². The molecule has 1 heterocycles. The maximum Gasteiger partial charge on any atom is 0.387 e. The molecule has 0 bridgehead atoms. The molecule has 0 saturated heterocycles. The highest BCUT2D eigenvalue weighted by Crippen LogP contribution is 2.42. The molecular weight excluding hydrogens is 367 g/mol. The average Bonchev–Trinajstić information content (AvgIpc) is 2.89. The molecule has 0 aliphatic carbocycles. The third kappa shape index (κ3) is 2.83. The average molecular weight is 375 g/mol. The maximum atomic E-state index is 12.7. The Hall–Kier alpha value is -1.96. The van der Waals surface area contributed by atoms with E-state index < -0.39 is 22.1 Å². The van der Waals surface area contributed by atoms with Crippen LogP contribution in [0.1, 0.15) is 0 Å². The lowest BCUT2D eigenvalue weighted by Crippen LogP contribution is -2.28. The first-order valence-electron chi connectivity index (χ1n) is 6.19. The quantitative estimate of drug-likeness (QED) is 0.887. The number of rotatable bonds is 3. The number of hydrogen-bond donors (Lipinski definition) is 1. The van der Waals surface area contributed by atoms with E-state index in [0.717, 1.165) is 6.07 Å². The number of carboxylic acid groups (broad SMARTS) is 1. The van der Waals surface area contributed by atoms with Crippen LogP contribution in [-0.2, 0) is 14.6 Å². The van der Waals surface area contributed by atoms with E-state index in [2.05, 4.69) is 0 Å². The van der Waals surface area contributed by atoms with Crippen LogP contribution in [0.15, 0.2) is 46.2 Å². The molecule has 0 spiro atoms. The second kappa shape index (κ2) is 5.59. The molecule has 0 saturated carbocycles. The summed E-state index contributed by atoms with van der Waals surface area (Å²) >= 11 is 11.8. The van der Waals surface area contributed by atoms with Gasteiger partial charge >= 0.3 is 12.3 Å². The van der Waals surface area contributed by atoms with E-state index in [-0.39, 0.29) is 31.3 Å². The Bertz CT molecular complexity index is 909. The van der Waals surface area contributed by atoms with Gasteiger partial charge in [-0.25, -0.2) is 13.2 Å². The Balaban J connectivity index is 2.09. The van der Waals surface area contributed by atoms with Gasteiger partial charge in [0, 0.05) is 17.2 Å². The minimum Gasteiger partial charge on any atom is -0.476 e. The Morgan fingerprint density at radius 2 is 1.74 bits per heavy atom. The topological polar surface area (TPSA) is 89.9 Å². The van der Waals surface area contributed by atoms with E-state index in [0.29, 0.717) is 0 Å². The van der Waals surface area contributed by atoms with Gasteiger partial charge in [0.05, 0.1) is 14.8 Å². The van der Waals surface area contributed by atoms with E-state index in [4.69, 9.17) is 37.8 Å². The molecule has 1 aliphatic heterocycles. The molecule has 120 valence electrons. The van der Waals surface area contributed by atoms with Crippen LogP contribution in [0, 0.1) is 0 Å². The SMILES string of the molecule is O=C(O)C1Oc2cc(Cl)c(S(=O)(=O)c3cccc(Cl)c3)cc2O1. The van der Waals surface area contributed by atoms with Crippen LogP contribution >= 0.6 is 23.2 Å². The molecule has 1 N–H and O–H groups in total. The molecule has 3 rings (SSSR count). The van der Waals surface area contributed by atoms with Gasteiger partial charge in [0.25, 0.3) is 0 Å². The number of fused-ring (bicyclic) bond motifs is 1. The highest BCUT2D eigenvalue weighted by molar-refractivity contribution is 7.91. The third-order valence-corrected chi connectivity index (χ3v) is 5.51. The predicted molar refractivity (Wildman–Crippen MR) is 81.0 cm³/mol. The second-order valence-corrected chi connectivity index (χ2v) is 7.36. The summed E-state index contributed by atoms with van der Waals surface area (Å²) in [6, 6.07) is 8.05. The zero-order chi connectivity index (χ0) is 16.8. The van der Waals surface area contributed by atoms with Crippen molar-refractivity contribution in [3.63, 3.8) is 0 Å². The number of sulfone groups is 1. The first-order chi connectivity index (χ1) is 10.8. The van der Waals surface area contributed by atoms with E-state index in [1.54, 1.807) is 6.07 Å². The first-order valence-corrected chi connectivity index (χ1v) is 8.43. The number of hydrogen-bond acceptors (Lipinski definition) is 5. The number of benzene rings is 2. The molecule has 1 aliphatic rings. The number of ether oxygens (including phenoxy) is 2. The fraction of sp³-hybridized carbons (Fsp3) is 0.0714. The first kappa shape index (κ1) is 15.9. The molecule has 0 radical (unpaired) electrons. The van der Waals surface area contributed by atoms with Crippen LogP contribution in [0.4, 0.5) is 0 Å². The molecule has 2 aromatic rings. The van der Waals surface area contributed by atoms with Crippen LogP contribution in [0.5, 0.6) is 11.5 Å². The minimum atomic E-state index is -3.95. The Morgan fingerprint density at radius 3 is 2.35 bits per heavy atom. The van der Waals surface area contributed by atoms with Crippen LogP contribution in [-0.4, -0.2) is 25.8 Å². The van der Waals surface area contributed by atoms with Gasteiger partial charge in [0.2, 0.25) is 9.84 Å². The molecule has 0 aromatic heterocycles. The molecule has 0 amide bonds. The minimum absolute atomic E-state index is 0.0117. The summed E-state index contributed by atoms with van der Waals surface area (Å²) in [5, 5.41) is 9.02. The third-order valence-electron chi connectivity index (χ3n) is 3.06. The molecule has 0 fully saturated rings. The Kier molecular flexibility index (Phi) is 3.87. The number of carboxylic acids is 1. The number of aliphatic carboxylic acids is 1. The lowest BCUT2D eigenvalue weighted by molar-refractivity contribution is -0.154. The van der Waals surface area contributed by atoms with Gasteiger partial charge < -0.3 is 14.6 Å². The fourth-order valence-electron chi connectivity index (χ4n) is 2.02. The summed E-state index contributed by atoms with van der Waals surface area (Å²) in [4.78, 5) is 10.6. The fourth-order valence-corrected chi connectivity index (χ4v) is 4.11. The van der Waals surface area contributed by atoms with Crippen molar-refractivity contribution in [2.75, 3.05) is 0 Å². The van der Waals surface area contributed by atoms with Crippen molar-refractivity contribution in [2.45, 2.75) is 16.1 Å². The molecule has 2 aromatic carbocycles. The summed E-state index contributed by atoms with van der Waals surface area (Å²) in [6.45, 7) is 0. The number of halogens is 2. The molecule has 9 heteroatoms. The van der Waals surface area contributed by atoms with Gasteiger partial charge in [0.1, 0.15) is 0 Å². The van der Waals surface area contributed by atoms with Gasteiger partial charge in [-0.05, 0) is 18.2 Å². The van der Waals surface area contributed by atoms with Crippen molar-refractivity contribution in [1.29, 1.82) is 0 Å². The summed E-state index contributed by atoms with van der Waals surface area (Å²) in [5.74, 6) is -1.29. The Labute approximate surface area is 141 Å². The second-order valence-electron chi connectivity index (χ2n) is 4.60. The van der Waals surface area contributed by atoms with E-state index in [9.17, 15) is 13.2 Å². The summed E-state index contributed by atoms with van der Waals surface area (Å²) in [6.07, 6.45) is -1.54. The van der Waals surface area contributed by atoms with E-state index in [1.807, 2.05) is 0 Å². The van der Waals surface area contributed by atoms with E-state index >= 15 is 0 Å². The van der Waals surface area contributed by atoms with Crippen molar-refractivity contribution in [3.8, 4) is 11.5 Å². The molecular formula is C14H8Cl2O6S. The molecule has 23 heavy (non-hydrogen) atoms. The maximum absolute atomic E-state index is 12.7. The molecule has 6 nitrogen and oxygen atoms in total. The van der Waals surface area contributed by atoms with Crippen molar-refractivity contribution in [3.05, 3.63) is 46.4 Å². The van der Waals surface area contributed by atoms with Crippen LogP contribution < -0.4 is 9.47 Å². The van der Waals surface area contributed by atoms with Gasteiger partial charge in [0.15, 0.2) is 11.5 Å². The number of carbonyl (C=O) groups is 1. The van der Waals surface area contributed by atoms with Crippen molar-refractivity contribution >= 4 is 39.0 Å². The summed E-state index contributed by atoms with van der Waals surface area (Å²) < 4.78 is 35.4. The van der Waals surface area contributed by atoms with Crippen LogP contribution in [0.3, 0.4) is 0 Å². The van der Waals surface area contributed by atoms with Gasteiger partial charge in [-0.3, -0.25) is 0 Å². The largest absolute Gasteiger partial charge is 0.476 e. The van der Waals surface area contributed by atoms with Crippen molar-refractivity contribution in [2.24, 2.45) is 0 Å². The lowest BCUT2D eigenvalue weighted by atomic mass is 10.3. The van der Waals surface area contributed by atoms with Gasteiger partial charge in [-0.15, -0.1) is 0 Å². The van der Waals surface area contributed by atoms with Crippen LogP contribution in [0.2, 0.25) is 10.0 Å².